The normalized spacial score (nSPS) is 11.5. The Balaban J connectivity index is -0.000000152. The molecule has 0 saturated carbocycles. The Morgan fingerprint density at radius 1 is 0.464 bits per heavy atom. The predicted octanol–water partition coefficient (Wildman–Crippen LogP) is 1.58. The summed E-state index contributed by atoms with van der Waals surface area (Å²) in [5, 5.41) is 0. The van der Waals surface area contributed by atoms with Gasteiger partial charge < -0.3 is 41.8 Å². The molecule has 0 atom stereocenters. The van der Waals surface area contributed by atoms with Gasteiger partial charge in [0, 0.05) is 0 Å². The Morgan fingerprint density at radius 3 is 0.643 bits per heavy atom. The van der Waals surface area contributed by atoms with E-state index in [1.807, 2.05) is 0 Å². The van der Waals surface area contributed by atoms with Crippen LogP contribution in [0, 0.1) is 35.6 Å². The molecule has 0 amide bonds. The van der Waals surface area contributed by atoms with Gasteiger partial charge >= 0.3 is 35.6 Å². The van der Waals surface area contributed by atoms with Crippen molar-refractivity contribution in [3.8, 4) is 0 Å². The van der Waals surface area contributed by atoms with Crippen LogP contribution in [0.15, 0.2) is 0 Å². The fourth-order valence-electron chi connectivity index (χ4n) is 1.06. The van der Waals surface area contributed by atoms with Crippen LogP contribution < -0.4 is 14.7 Å². The van der Waals surface area contributed by atoms with Gasteiger partial charge in [-0.25, -0.2) is 0 Å². The summed E-state index contributed by atoms with van der Waals surface area (Å²) in [5.41, 5.74) is 0. The molecular weight excluding hydrogens is 568 g/mol. The van der Waals surface area contributed by atoms with Gasteiger partial charge in [-0.3, -0.25) is 13.7 Å². The van der Waals surface area contributed by atoms with Gasteiger partial charge in [0.15, 0.2) is 0 Å². The third-order valence-electron chi connectivity index (χ3n) is 1.72. The van der Waals surface area contributed by atoms with E-state index in [-0.39, 0.29) is 75.2 Å². The maximum atomic E-state index is 10.4. The number of hydrogen-bond acceptors (Lipinski definition) is 12. The first-order valence-electron chi connectivity index (χ1n) is 8.17. The smallest absolute Gasteiger partial charge is 0.756 e. The maximum absolute atomic E-state index is 10.4. The topological polar surface area (TPSA) is 176 Å². The van der Waals surface area contributed by atoms with E-state index in [0.717, 1.165) is 0 Å². The van der Waals surface area contributed by atoms with Gasteiger partial charge in [-0.1, -0.05) is 0 Å². The zero-order valence-corrected chi connectivity index (χ0v) is 23.4. The molecule has 0 aliphatic heterocycles. The van der Waals surface area contributed by atoms with Crippen LogP contribution in [0.5, 0.6) is 0 Å². The largest absolute Gasteiger partial charge is 3.00 e. The minimum atomic E-state index is -3.94. The molecule has 0 saturated heterocycles. The van der Waals surface area contributed by atoms with E-state index in [0.29, 0.717) is 0 Å². The zero-order valence-electron chi connectivity index (χ0n) is 17.1. The molecule has 0 aliphatic rings. The molecule has 0 heterocycles. The monoisotopic (exact) mass is 598 g/mol. The second-order valence-corrected chi connectivity index (χ2v) is 8.08. The van der Waals surface area contributed by atoms with Crippen LogP contribution in [0.25, 0.3) is 0 Å². The number of phosphoric acid groups is 3. The predicted molar refractivity (Wildman–Crippen MR) is 92.6 cm³/mol. The number of rotatable bonds is 12. The molecule has 0 aromatic carbocycles. The molecule has 0 aliphatic carbocycles. The van der Waals surface area contributed by atoms with Gasteiger partial charge in [0.05, 0.1) is 39.6 Å². The Hall–Kier alpha value is 1.52. The molecule has 0 aromatic heterocycles. The average molecular weight is 598 g/mol. The molecule has 28 heavy (non-hydrogen) atoms. The van der Waals surface area contributed by atoms with E-state index in [2.05, 4.69) is 27.1 Å². The van der Waals surface area contributed by atoms with Crippen LogP contribution >= 0.6 is 23.5 Å². The molecule has 0 spiro atoms. The van der Waals surface area contributed by atoms with Crippen molar-refractivity contribution in [2.75, 3.05) is 39.6 Å². The fraction of sp³-hybridized carbons (Fsp3) is 1.00. The van der Waals surface area contributed by atoms with Crippen LogP contribution in [0.2, 0.25) is 0 Å². The van der Waals surface area contributed by atoms with E-state index in [1.165, 1.54) is 0 Å². The third-order valence-corrected chi connectivity index (χ3v) is 5.17. The molecule has 16 heteroatoms. The van der Waals surface area contributed by atoms with Gasteiger partial charge in [-0.05, 0) is 41.5 Å². The summed E-state index contributed by atoms with van der Waals surface area (Å²) in [6, 6.07) is 0. The zero-order chi connectivity index (χ0) is 22.0. The standard InChI is InChI=1S/3C4H11O4P.La/c3*1-3-7-9(5,6)8-4-2;/h3*3-4H2,1-2H3,(H,5,6);/q;;;+3/p-3. The van der Waals surface area contributed by atoms with Crippen molar-refractivity contribution < 1.29 is 91.1 Å². The quantitative estimate of drug-likeness (QED) is 0.297. The first-order valence-corrected chi connectivity index (χ1v) is 12.5. The van der Waals surface area contributed by atoms with Crippen LogP contribution in [-0.4, -0.2) is 39.6 Å². The van der Waals surface area contributed by atoms with Crippen LogP contribution in [0.1, 0.15) is 41.5 Å². The van der Waals surface area contributed by atoms with E-state index < -0.39 is 23.5 Å². The molecule has 0 unspecified atom stereocenters. The summed E-state index contributed by atoms with van der Waals surface area (Å²) in [6.07, 6.45) is 0. The molecule has 0 rings (SSSR count). The van der Waals surface area contributed by atoms with Crippen molar-refractivity contribution in [1.82, 2.24) is 0 Å². The molecule has 0 bridgehead atoms. The first kappa shape index (κ1) is 36.9. The minimum absolute atomic E-state index is 0. The number of phosphoric ester groups is 3. The summed E-state index contributed by atoms with van der Waals surface area (Å²) in [4.78, 5) is 31.2. The van der Waals surface area contributed by atoms with Gasteiger partial charge in [0.25, 0.3) is 23.5 Å². The molecule has 0 radical (unpaired) electrons. The summed E-state index contributed by atoms with van der Waals surface area (Å²) in [7, 11) is -11.8. The summed E-state index contributed by atoms with van der Waals surface area (Å²) >= 11 is 0. The first-order chi connectivity index (χ1) is 12.4. The second-order valence-electron chi connectivity index (χ2n) is 3.85. The summed E-state index contributed by atoms with van der Waals surface area (Å²) < 4.78 is 56.7. The SMILES string of the molecule is CCOP(=O)([O-])OCC.CCOP(=O)([O-])OCC.CCOP(=O)([O-])OCC.[La+3]. The fourth-order valence-corrected chi connectivity index (χ4v) is 3.18. The van der Waals surface area contributed by atoms with Crippen molar-refractivity contribution >= 4 is 23.5 Å². The average Bonchev–Trinajstić information content (AvgIpc) is 2.47. The Labute approximate surface area is 195 Å². The minimum Gasteiger partial charge on any atom is -0.756 e. The van der Waals surface area contributed by atoms with Crippen LogP contribution in [0.3, 0.4) is 0 Å². The van der Waals surface area contributed by atoms with Gasteiger partial charge in [-0.15, -0.1) is 0 Å². The Kier molecular flexibility index (Phi) is 28.6. The van der Waals surface area contributed by atoms with E-state index in [4.69, 9.17) is 0 Å². The van der Waals surface area contributed by atoms with Crippen molar-refractivity contribution in [2.45, 2.75) is 41.5 Å². The summed E-state index contributed by atoms with van der Waals surface area (Å²) in [5.74, 6) is 0. The number of hydrogen-bond donors (Lipinski definition) is 0. The van der Waals surface area contributed by atoms with Crippen LogP contribution in [-0.2, 0) is 40.8 Å². The second kappa shape index (κ2) is 21.7. The third kappa shape index (κ3) is 29.7. The summed E-state index contributed by atoms with van der Waals surface area (Å²) in [6.45, 7) is 10.3. The van der Waals surface area contributed by atoms with Gasteiger partial charge in [-0.2, -0.15) is 0 Å². The molecule has 12 nitrogen and oxygen atoms in total. The Bertz CT molecular complexity index is 382. The molecule has 0 fully saturated rings. The van der Waals surface area contributed by atoms with Gasteiger partial charge in [0.1, 0.15) is 0 Å². The Morgan fingerprint density at radius 2 is 0.571 bits per heavy atom. The van der Waals surface area contributed by atoms with E-state index in [9.17, 15) is 28.4 Å². The van der Waals surface area contributed by atoms with E-state index in [1.54, 1.807) is 41.5 Å². The van der Waals surface area contributed by atoms with Crippen molar-refractivity contribution in [3.05, 3.63) is 0 Å². The van der Waals surface area contributed by atoms with Crippen molar-refractivity contribution in [2.24, 2.45) is 0 Å². The van der Waals surface area contributed by atoms with Crippen molar-refractivity contribution in [3.63, 3.8) is 0 Å². The molecule has 168 valence electrons. The molecule has 0 aromatic rings. The molecule has 0 N–H and O–H groups in total. The van der Waals surface area contributed by atoms with Crippen molar-refractivity contribution in [1.29, 1.82) is 0 Å². The van der Waals surface area contributed by atoms with Crippen LogP contribution in [0.4, 0.5) is 0 Å². The van der Waals surface area contributed by atoms with E-state index >= 15 is 0 Å². The van der Waals surface area contributed by atoms with Gasteiger partial charge in [0.2, 0.25) is 0 Å². The molecular formula is C12H30LaO12P3. The maximum Gasteiger partial charge on any atom is 3.00 e.